The molecule has 0 bridgehead atoms. The Kier molecular flexibility index (Phi) is 4.52. The number of methoxy groups -OCH3 is 1. The average Bonchev–Trinajstić information content (AvgIpc) is 2.55. The van der Waals surface area contributed by atoms with Gasteiger partial charge in [-0.25, -0.2) is 0 Å². The largest absolute Gasteiger partial charge is 0.462 e. The molecule has 0 aliphatic carbocycles. The molecular formula is C17H20O6. The van der Waals surface area contributed by atoms with Gasteiger partial charge in [0.25, 0.3) is 0 Å². The van der Waals surface area contributed by atoms with E-state index >= 15 is 0 Å². The molecule has 1 saturated heterocycles. The summed E-state index contributed by atoms with van der Waals surface area (Å²) in [4.78, 5) is 0. The zero-order chi connectivity index (χ0) is 16.6. The molecule has 0 unspecified atom stereocenters. The summed E-state index contributed by atoms with van der Waals surface area (Å²) in [6, 6.07) is 11.5. The summed E-state index contributed by atoms with van der Waals surface area (Å²) in [6.07, 6.45) is -6.34. The van der Waals surface area contributed by atoms with Gasteiger partial charge < -0.3 is 29.5 Å². The van der Waals surface area contributed by atoms with Gasteiger partial charge in [0.15, 0.2) is 6.29 Å². The first-order chi connectivity index (χ1) is 11.0. The van der Waals surface area contributed by atoms with Gasteiger partial charge in [0.1, 0.15) is 24.1 Å². The van der Waals surface area contributed by atoms with Crippen molar-refractivity contribution in [3.05, 3.63) is 42.0 Å². The van der Waals surface area contributed by atoms with Crippen LogP contribution in [0.2, 0.25) is 0 Å². The van der Waals surface area contributed by atoms with Crippen molar-refractivity contribution >= 4 is 10.8 Å². The van der Waals surface area contributed by atoms with Gasteiger partial charge in [-0.1, -0.05) is 29.8 Å². The highest BCUT2D eigenvalue weighted by Crippen LogP contribution is 2.27. The quantitative estimate of drug-likeness (QED) is 0.780. The van der Waals surface area contributed by atoms with Gasteiger partial charge in [-0.15, -0.1) is 0 Å². The van der Waals surface area contributed by atoms with Crippen molar-refractivity contribution in [2.45, 2.75) is 37.8 Å². The summed E-state index contributed by atoms with van der Waals surface area (Å²) < 4.78 is 15.9. The van der Waals surface area contributed by atoms with Crippen LogP contribution in [0.3, 0.4) is 0 Å². The van der Waals surface area contributed by atoms with Crippen LogP contribution in [-0.2, 0) is 9.47 Å². The van der Waals surface area contributed by atoms with E-state index in [0.717, 1.165) is 16.3 Å². The van der Waals surface area contributed by atoms with Crippen molar-refractivity contribution in [3.63, 3.8) is 0 Å². The predicted molar refractivity (Wildman–Crippen MR) is 83.0 cm³/mol. The molecule has 0 radical (unpaired) electrons. The van der Waals surface area contributed by atoms with Crippen LogP contribution in [0, 0.1) is 6.92 Å². The maximum Gasteiger partial charge on any atom is 0.231 e. The average molecular weight is 320 g/mol. The smallest absolute Gasteiger partial charge is 0.231 e. The van der Waals surface area contributed by atoms with Crippen LogP contribution in [-0.4, -0.2) is 53.3 Å². The molecule has 1 heterocycles. The van der Waals surface area contributed by atoms with Crippen LogP contribution >= 0.6 is 0 Å². The van der Waals surface area contributed by atoms with Crippen molar-refractivity contribution in [2.75, 3.05) is 7.11 Å². The molecular weight excluding hydrogens is 300 g/mol. The van der Waals surface area contributed by atoms with E-state index in [0.29, 0.717) is 5.75 Å². The van der Waals surface area contributed by atoms with Crippen LogP contribution in [0.5, 0.6) is 5.75 Å². The molecule has 0 spiro atoms. The summed E-state index contributed by atoms with van der Waals surface area (Å²) in [6.45, 7) is 2.02. The van der Waals surface area contributed by atoms with Gasteiger partial charge in [0.05, 0.1) is 0 Å². The maximum absolute atomic E-state index is 10.0. The summed E-state index contributed by atoms with van der Waals surface area (Å²) in [7, 11) is 1.34. The first-order valence-electron chi connectivity index (χ1n) is 7.39. The fraction of sp³-hybridized carbons (Fsp3) is 0.412. The lowest BCUT2D eigenvalue weighted by atomic mass is 10.0. The third-order valence-electron chi connectivity index (χ3n) is 3.98. The lowest BCUT2D eigenvalue weighted by Gasteiger charge is -2.39. The molecule has 3 N–H and O–H groups in total. The Morgan fingerprint density at radius 2 is 1.52 bits per heavy atom. The number of aliphatic hydroxyl groups is 3. The van der Waals surface area contributed by atoms with E-state index in [1.165, 1.54) is 7.11 Å². The molecule has 6 nitrogen and oxygen atoms in total. The molecule has 0 saturated carbocycles. The lowest BCUT2D eigenvalue weighted by molar-refractivity contribution is -0.327. The van der Waals surface area contributed by atoms with Crippen molar-refractivity contribution in [1.29, 1.82) is 0 Å². The molecule has 1 fully saturated rings. The summed E-state index contributed by atoms with van der Waals surface area (Å²) >= 11 is 0. The Balaban J connectivity index is 1.81. The van der Waals surface area contributed by atoms with Gasteiger partial charge in [-0.2, -0.15) is 0 Å². The molecule has 0 amide bonds. The fourth-order valence-corrected chi connectivity index (χ4v) is 2.66. The number of hydrogen-bond donors (Lipinski definition) is 3. The predicted octanol–water partition coefficient (Wildman–Crippen LogP) is 0.939. The monoisotopic (exact) mass is 320 g/mol. The van der Waals surface area contributed by atoms with Crippen molar-refractivity contribution in [3.8, 4) is 5.75 Å². The Bertz CT molecular complexity index is 686. The molecule has 5 atom stereocenters. The molecule has 1 aliphatic heterocycles. The van der Waals surface area contributed by atoms with Crippen LogP contribution in [0.25, 0.3) is 10.8 Å². The van der Waals surface area contributed by atoms with E-state index in [1.54, 1.807) is 6.07 Å². The highest BCUT2D eigenvalue weighted by Gasteiger charge is 2.45. The van der Waals surface area contributed by atoms with E-state index in [2.05, 4.69) is 6.07 Å². The standard InChI is InChI=1S/C17H20O6/c1-9-3-4-11-8-12(6-5-10(11)7-9)22-17-15(20)13(18)14(19)16(21-2)23-17/h3-8,13-20H,1-2H3/t13-,14+,15+,16-,17+/m0/s1. The van der Waals surface area contributed by atoms with Gasteiger partial charge >= 0.3 is 0 Å². The zero-order valence-corrected chi connectivity index (χ0v) is 12.9. The van der Waals surface area contributed by atoms with E-state index < -0.39 is 30.9 Å². The summed E-state index contributed by atoms with van der Waals surface area (Å²) in [5, 5.41) is 31.7. The summed E-state index contributed by atoms with van der Waals surface area (Å²) in [5.41, 5.74) is 1.16. The van der Waals surface area contributed by atoms with E-state index in [4.69, 9.17) is 14.2 Å². The third-order valence-corrected chi connectivity index (χ3v) is 3.98. The fourth-order valence-electron chi connectivity index (χ4n) is 2.66. The van der Waals surface area contributed by atoms with E-state index in [9.17, 15) is 15.3 Å². The van der Waals surface area contributed by atoms with Crippen molar-refractivity contribution < 1.29 is 29.5 Å². The minimum Gasteiger partial charge on any atom is -0.462 e. The maximum atomic E-state index is 10.0. The number of hydrogen-bond acceptors (Lipinski definition) is 6. The van der Waals surface area contributed by atoms with Crippen LogP contribution < -0.4 is 4.74 Å². The number of rotatable bonds is 3. The molecule has 2 aromatic rings. The second kappa shape index (κ2) is 6.43. The third kappa shape index (κ3) is 3.17. The second-order valence-corrected chi connectivity index (χ2v) is 5.71. The highest BCUT2D eigenvalue weighted by atomic mass is 16.8. The SMILES string of the molecule is CO[C@H]1O[C@@H](Oc2ccc3cc(C)ccc3c2)[C@H](O)[C@@H](O)[C@H]1O. The minimum atomic E-state index is -1.41. The molecule has 3 rings (SSSR count). The van der Waals surface area contributed by atoms with Gasteiger partial charge in [-0.3, -0.25) is 0 Å². The van der Waals surface area contributed by atoms with Crippen molar-refractivity contribution in [1.82, 2.24) is 0 Å². The Hall–Kier alpha value is -1.70. The molecule has 2 aromatic carbocycles. The van der Waals surface area contributed by atoms with Crippen LogP contribution in [0.4, 0.5) is 0 Å². The van der Waals surface area contributed by atoms with Crippen molar-refractivity contribution in [2.24, 2.45) is 0 Å². The lowest BCUT2D eigenvalue weighted by Crippen LogP contribution is -2.59. The zero-order valence-electron chi connectivity index (χ0n) is 12.9. The number of benzene rings is 2. The van der Waals surface area contributed by atoms with Gasteiger partial charge in [0.2, 0.25) is 6.29 Å². The highest BCUT2D eigenvalue weighted by molar-refractivity contribution is 5.84. The molecule has 23 heavy (non-hydrogen) atoms. The Labute approximate surface area is 133 Å². The number of ether oxygens (including phenoxy) is 3. The molecule has 0 aromatic heterocycles. The normalized spacial score (nSPS) is 31.3. The van der Waals surface area contributed by atoms with Crippen LogP contribution in [0.1, 0.15) is 5.56 Å². The molecule has 1 aliphatic rings. The topological polar surface area (TPSA) is 88.4 Å². The van der Waals surface area contributed by atoms with Gasteiger partial charge in [-0.05, 0) is 29.8 Å². The van der Waals surface area contributed by atoms with Gasteiger partial charge in [0, 0.05) is 7.11 Å². The summed E-state index contributed by atoms with van der Waals surface area (Å²) in [5.74, 6) is 0.490. The Morgan fingerprint density at radius 3 is 2.26 bits per heavy atom. The van der Waals surface area contributed by atoms with E-state index in [-0.39, 0.29) is 0 Å². The molecule has 124 valence electrons. The van der Waals surface area contributed by atoms with Crippen LogP contribution in [0.15, 0.2) is 36.4 Å². The molecule has 6 heteroatoms. The number of aliphatic hydroxyl groups excluding tert-OH is 3. The first kappa shape index (κ1) is 16.2. The minimum absolute atomic E-state index is 0.490. The second-order valence-electron chi connectivity index (χ2n) is 5.71. The first-order valence-corrected chi connectivity index (χ1v) is 7.39. The van der Waals surface area contributed by atoms with E-state index in [1.807, 2.05) is 31.2 Å². The number of fused-ring (bicyclic) bond motifs is 1. The Morgan fingerprint density at radius 1 is 0.870 bits per heavy atom. The number of aryl methyl sites for hydroxylation is 1.